The Morgan fingerprint density at radius 3 is 1.13 bits per heavy atom. The predicted octanol–water partition coefficient (Wildman–Crippen LogP) is 15.7. The van der Waals surface area contributed by atoms with Gasteiger partial charge in [0, 0.05) is 29.1 Å². The molecule has 0 saturated heterocycles. The summed E-state index contributed by atoms with van der Waals surface area (Å²) >= 11 is 0. The number of hydrogen-bond donors (Lipinski definition) is 0. The summed E-state index contributed by atoms with van der Waals surface area (Å²) in [6.07, 6.45) is 3.69. The molecule has 0 saturated carbocycles. The Balaban J connectivity index is 1.25. The molecule has 0 aliphatic rings. The lowest BCUT2D eigenvalue weighted by Crippen LogP contribution is -1.96. The van der Waals surface area contributed by atoms with Crippen molar-refractivity contribution in [3.63, 3.8) is 0 Å². The molecule has 0 aliphatic heterocycles. The van der Waals surface area contributed by atoms with Gasteiger partial charge in [0.15, 0.2) is 5.82 Å². The molecule has 2 aromatic heterocycles. The lowest BCUT2D eigenvalue weighted by atomic mass is 9.88. The average molecular weight is 788 g/mol. The molecule has 288 valence electrons. The second-order valence-electron chi connectivity index (χ2n) is 15.9. The van der Waals surface area contributed by atoms with E-state index in [4.69, 9.17) is 9.97 Å². The molecule has 0 atom stereocenters. The van der Waals surface area contributed by atoms with E-state index in [1.165, 1.54) is 70.0 Å². The monoisotopic (exact) mass is 787 g/mol. The largest absolute Gasteiger partial charge is 0.264 e. The second-order valence-corrected chi connectivity index (χ2v) is 15.9. The summed E-state index contributed by atoms with van der Waals surface area (Å²) < 4.78 is 0. The quantitative estimate of drug-likeness (QED) is 0.167. The van der Waals surface area contributed by atoms with Gasteiger partial charge in [0.2, 0.25) is 0 Å². The summed E-state index contributed by atoms with van der Waals surface area (Å²) in [6, 6.07) is 76.6. The molecule has 0 amide bonds. The van der Waals surface area contributed by atoms with Crippen LogP contribution in [0.15, 0.2) is 225 Å². The first-order valence-corrected chi connectivity index (χ1v) is 21.1. The fraction of sp³-hybridized carbons (Fsp3) is 0. The summed E-state index contributed by atoms with van der Waals surface area (Å²) in [7, 11) is 0. The van der Waals surface area contributed by atoms with Gasteiger partial charge in [-0.2, -0.15) is 0 Å². The van der Waals surface area contributed by atoms with Crippen LogP contribution in [0.1, 0.15) is 0 Å². The highest BCUT2D eigenvalue weighted by Crippen LogP contribution is 2.44. The minimum atomic E-state index is 0.673. The van der Waals surface area contributed by atoms with Crippen LogP contribution in [0.3, 0.4) is 0 Å². The van der Waals surface area contributed by atoms with Crippen molar-refractivity contribution >= 4 is 75.4 Å². The van der Waals surface area contributed by atoms with Crippen molar-refractivity contribution in [3.05, 3.63) is 225 Å². The number of nitrogens with zero attached hydrogens (tertiary/aromatic N) is 3. The second kappa shape index (κ2) is 14.8. The summed E-state index contributed by atoms with van der Waals surface area (Å²) in [5.41, 5.74) is 6.89. The van der Waals surface area contributed by atoms with E-state index >= 15 is 0 Å². The van der Waals surface area contributed by atoms with Crippen LogP contribution in [0.4, 0.5) is 0 Å². The molecule has 0 radical (unpaired) electrons. The Hall–Kier alpha value is -8.27. The topological polar surface area (TPSA) is 38.7 Å². The van der Waals surface area contributed by atoms with E-state index in [-0.39, 0.29) is 0 Å². The molecule has 0 aliphatic carbocycles. The van der Waals surface area contributed by atoms with Crippen molar-refractivity contribution in [2.24, 2.45) is 0 Å². The van der Waals surface area contributed by atoms with Crippen LogP contribution in [-0.4, -0.2) is 15.0 Å². The number of rotatable bonds is 4. The van der Waals surface area contributed by atoms with Gasteiger partial charge >= 0.3 is 0 Å². The Morgan fingerprint density at radius 1 is 0.242 bits per heavy atom. The Bertz CT molecular complexity index is 3780. The van der Waals surface area contributed by atoms with Crippen molar-refractivity contribution in [1.82, 2.24) is 15.0 Å². The third-order valence-corrected chi connectivity index (χ3v) is 12.4. The summed E-state index contributed by atoms with van der Waals surface area (Å²) in [6.45, 7) is 0. The fourth-order valence-corrected chi connectivity index (χ4v) is 9.51. The van der Waals surface area contributed by atoms with E-state index in [1.807, 2.05) is 18.3 Å². The Morgan fingerprint density at radius 2 is 0.629 bits per heavy atom. The SMILES string of the molecule is c1ccc(-c2cc(-c3ccc4c5ccccc5c5ccccc5c5ccccc5c5c6ccccc6c6ccccc6c5c4c3)nc(-c3ccc(-c4cccnc4)cc3)n2)cc1. The number of fused-ring (bicyclic) bond motifs is 15. The van der Waals surface area contributed by atoms with Gasteiger partial charge in [-0.3, -0.25) is 4.98 Å². The van der Waals surface area contributed by atoms with E-state index in [0.29, 0.717) is 5.82 Å². The van der Waals surface area contributed by atoms with Gasteiger partial charge in [-0.05, 0) is 105 Å². The van der Waals surface area contributed by atoms with E-state index in [1.54, 1.807) is 6.20 Å². The molecule has 12 rings (SSSR count). The minimum Gasteiger partial charge on any atom is -0.264 e. The summed E-state index contributed by atoms with van der Waals surface area (Å²) in [5.74, 6) is 0.673. The number of benzene rings is 9. The first-order valence-electron chi connectivity index (χ1n) is 21.1. The third kappa shape index (κ3) is 5.94. The van der Waals surface area contributed by atoms with Crippen LogP contribution in [0.2, 0.25) is 0 Å². The summed E-state index contributed by atoms with van der Waals surface area (Å²) in [5, 5.41) is 16.9. The zero-order valence-corrected chi connectivity index (χ0v) is 33.7. The molecular formula is C59H37N3. The van der Waals surface area contributed by atoms with Gasteiger partial charge < -0.3 is 0 Å². The zero-order valence-electron chi connectivity index (χ0n) is 33.7. The lowest BCUT2D eigenvalue weighted by molar-refractivity contribution is 1.18. The van der Waals surface area contributed by atoms with Crippen molar-refractivity contribution in [1.29, 1.82) is 0 Å². The molecule has 0 N–H and O–H groups in total. The first-order chi connectivity index (χ1) is 30.8. The maximum absolute atomic E-state index is 5.38. The van der Waals surface area contributed by atoms with Crippen LogP contribution < -0.4 is 0 Å². The van der Waals surface area contributed by atoms with Crippen molar-refractivity contribution in [2.45, 2.75) is 0 Å². The Labute approximate surface area is 358 Å². The van der Waals surface area contributed by atoms with Gasteiger partial charge in [-0.1, -0.05) is 194 Å². The summed E-state index contributed by atoms with van der Waals surface area (Å²) in [4.78, 5) is 14.9. The third-order valence-electron chi connectivity index (χ3n) is 12.4. The van der Waals surface area contributed by atoms with Crippen LogP contribution in [0.25, 0.3) is 120 Å². The molecular weight excluding hydrogens is 751 g/mol. The highest BCUT2D eigenvalue weighted by atomic mass is 14.9. The maximum Gasteiger partial charge on any atom is 0.160 e. The lowest BCUT2D eigenvalue weighted by Gasteiger charge is -2.16. The van der Waals surface area contributed by atoms with Crippen LogP contribution in [0.5, 0.6) is 0 Å². The number of hydrogen-bond acceptors (Lipinski definition) is 3. The van der Waals surface area contributed by atoms with Crippen molar-refractivity contribution < 1.29 is 0 Å². The number of pyridine rings is 1. The van der Waals surface area contributed by atoms with Crippen LogP contribution in [-0.2, 0) is 0 Å². The van der Waals surface area contributed by atoms with Gasteiger partial charge in [0.05, 0.1) is 11.4 Å². The van der Waals surface area contributed by atoms with E-state index in [2.05, 4.69) is 205 Å². The van der Waals surface area contributed by atoms with Crippen LogP contribution >= 0.6 is 0 Å². The molecule has 62 heavy (non-hydrogen) atoms. The smallest absolute Gasteiger partial charge is 0.160 e. The Kier molecular flexibility index (Phi) is 8.50. The number of aromatic nitrogens is 3. The first kappa shape index (κ1) is 35.7. The average Bonchev–Trinajstić information content (AvgIpc) is 3.36. The molecule has 0 spiro atoms. The van der Waals surface area contributed by atoms with Crippen molar-refractivity contribution in [3.8, 4) is 45.0 Å². The molecule has 0 bridgehead atoms. The van der Waals surface area contributed by atoms with Crippen molar-refractivity contribution in [2.75, 3.05) is 0 Å². The molecule has 3 heteroatoms. The molecule has 10 aromatic carbocycles. The predicted molar refractivity (Wildman–Crippen MR) is 262 cm³/mol. The van der Waals surface area contributed by atoms with Gasteiger partial charge in [0.1, 0.15) is 0 Å². The standard InChI is InChI=1S/C59H37N3/c1-2-15-39(16-3-1)55-36-56(62-59(61-55)40-30-28-38(29-31-40)42-17-14-34-60-37-42)41-32-33-50-46-21-7-5-19-44(46)43-18-4-6-20-45(43)47-22-8-11-25-51(47)57-52-26-12-9-23-48(52)49-24-10-13-27-53(49)58(57)54(50)35-41/h1-37H. The van der Waals surface area contributed by atoms with Gasteiger partial charge in [0.25, 0.3) is 0 Å². The normalized spacial score (nSPS) is 11.5. The molecule has 0 fully saturated rings. The van der Waals surface area contributed by atoms with Crippen LogP contribution in [0, 0.1) is 0 Å². The molecule has 2 heterocycles. The highest BCUT2D eigenvalue weighted by Gasteiger charge is 2.17. The van der Waals surface area contributed by atoms with E-state index < -0.39 is 0 Å². The van der Waals surface area contributed by atoms with Gasteiger partial charge in [-0.25, -0.2) is 9.97 Å². The maximum atomic E-state index is 5.38. The zero-order chi connectivity index (χ0) is 41.0. The fourth-order valence-electron chi connectivity index (χ4n) is 9.51. The molecule has 12 aromatic rings. The molecule has 0 unspecified atom stereocenters. The van der Waals surface area contributed by atoms with E-state index in [0.717, 1.165) is 44.6 Å². The minimum absolute atomic E-state index is 0.673. The van der Waals surface area contributed by atoms with Gasteiger partial charge in [-0.15, -0.1) is 0 Å². The molecule has 3 nitrogen and oxygen atoms in total. The highest BCUT2D eigenvalue weighted by molar-refractivity contribution is 6.38. The van der Waals surface area contributed by atoms with E-state index in [9.17, 15) is 0 Å².